The van der Waals surface area contributed by atoms with Gasteiger partial charge in [0.25, 0.3) is 0 Å². The molecule has 0 N–H and O–H groups in total. The third kappa shape index (κ3) is 3.25. The number of fused-ring (bicyclic) bond motifs is 8. The van der Waals surface area contributed by atoms with Gasteiger partial charge in [0.2, 0.25) is 0 Å². The summed E-state index contributed by atoms with van der Waals surface area (Å²) in [5, 5.41) is 2.17. The summed E-state index contributed by atoms with van der Waals surface area (Å²) in [5.41, 5.74) is 5.45. The smallest absolute Gasteiger partial charge is 0.143 e. The van der Waals surface area contributed by atoms with E-state index < -0.39 is 24.2 Å². The van der Waals surface area contributed by atoms with E-state index in [0.29, 0.717) is 34.6 Å². The van der Waals surface area contributed by atoms with Crippen molar-refractivity contribution in [3.8, 4) is 39.1 Å². The minimum Gasteiger partial charge on any atom is -0.488 e. The Hall–Kier alpha value is -5.34. The van der Waals surface area contributed by atoms with Crippen LogP contribution >= 0.6 is 0 Å². The normalized spacial score (nSPS) is 15.2. The van der Waals surface area contributed by atoms with Gasteiger partial charge < -0.3 is 9.15 Å². The van der Waals surface area contributed by atoms with Crippen LogP contribution in [0.15, 0.2) is 138 Å². The molecule has 41 heavy (non-hydrogen) atoms. The number of hydrogen-bond donors (Lipinski definition) is 0. The molecule has 0 unspecified atom stereocenters. The maximum Gasteiger partial charge on any atom is 0.143 e. The summed E-state index contributed by atoms with van der Waals surface area (Å²) in [6.45, 7) is 0.341. The topological polar surface area (TPSA) is 22.4 Å². The molecule has 0 bridgehead atoms. The Morgan fingerprint density at radius 1 is 0.537 bits per heavy atom. The number of benzene rings is 7. The highest BCUT2D eigenvalue weighted by molar-refractivity contribution is 6.24. The highest BCUT2D eigenvalue weighted by Crippen LogP contribution is 2.48. The van der Waals surface area contributed by atoms with Crippen molar-refractivity contribution in [2.24, 2.45) is 0 Å². The first-order chi connectivity index (χ1) is 23.7. The predicted octanol–water partition coefficient (Wildman–Crippen LogP) is 10.8. The summed E-state index contributed by atoms with van der Waals surface area (Å²) < 4.78 is 84.6. The largest absolute Gasteiger partial charge is 0.488 e. The van der Waals surface area contributed by atoms with Crippen LogP contribution in [-0.4, -0.2) is 0 Å². The monoisotopic (exact) mass is 532 g/mol. The van der Waals surface area contributed by atoms with Crippen molar-refractivity contribution in [2.45, 2.75) is 6.61 Å². The zero-order valence-electron chi connectivity index (χ0n) is 29.6. The van der Waals surface area contributed by atoms with Gasteiger partial charge >= 0.3 is 0 Å². The van der Waals surface area contributed by atoms with E-state index >= 15 is 0 Å². The van der Waals surface area contributed by atoms with E-state index in [0.717, 1.165) is 27.5 Å². The molecule has 0 amide bonds. The Balaban J connectivity index is 1.52. The number of hydrogen-bond acceptors (Lipinski definition) is 2. The Kier molecular flexibility index (Phi) is 3.36. The van der Waals surface area contributed by atoms with E-state index in [4.69, 9.17) is 14.6 Å². The Labute approximate surface area is 248 Å². The molecule has 0 atom stereocenters. The van der Waals surface area contributed by atoms with Crippen LogP contribution in [0.25, 0.3) is 76.9 Å². The molecule has 7 aromatic carbocycles. The summed E-state index contributed by atoms with van der Waals surface area (Å²) >= 11 is 0. The van der Waals surface area contributed by atoms with Gasteiger partial charge in [-0.2, -0.15) is 0 Å². The molecule has 2 heteroatoms. The molecule has 192 valence electrons. The van der Waals surface area contributed by atoms with Crippen LogP contribution < -0.4 is 4.74 Å². The highest BCUT2D eigenvalue weighted by Gasteiger charge is 2.22. The van der Waals surface area contributed by atoms with Crippen molar-refractivity contribution in [2.75, 3.05) is 0 Å². The first kappa shape index (κ1) is 16.1. The van der Waals surface area contributed by atoms with E-state index in [1.165, 1.54) is 0 Å². The average molecular weight is 533 g/mol. The van der Waals surface area contributed by atoms with Gasteiger partial charge in [0.05, 0.1) is 11.0 Å². The van der Waals surface area contributed by atoms with Crippen LogP contribution in [-0.2, 0) is 6.61 Å². The van der Waals surface area contributed by atoms with Crippen molar-refractivity contribution in [3.05, 3.63) is 139 Å². The quantitative estimate of drug-likeness (QED) is 0.207. The first-order valence-corrected chi connectivity index (χ1v) is 13.4. The third-order valence-corrected chi connectivity index (χ3v) is 8.01. The summed E-state index contributed by atoms with van der Waals surface area (Å²) in [6, 6.07) is 23.4. The van der Waals surface area contributed by atoms with Crippen LogP contribution in [0.2, 0.25) is 0 Å². The van der Waals surface area contributed by atoms with Crippen molar-refractivity contribution >= 4 is 43.5 Å². The van der Waals surface area contributed by atoms with E-state index in [2.05, 4.69) is 0 Å². The van der Waals surface area contributed by atoms with E-state index in [-0.39, 0.29) is 56.8 Å². The molecule has 0 saturated carbocycles. The molecular weight excluding hydrogens is 500 g/mol. The van der Waals surface area contributed by atoms with E-state index in [1.807, 2.05) is 72.8 Å². The molecule has 9 rings (SSSR count). The standard InChI is InChI=1S/C39H24O2/c1-2-11-26-25(10-1)23-40-36-22-24(20-21-28(26)36)37-29-13-3-5-15-31(29)38(32-16-6-4-14-30(32)37)34-18-9-17-33-27-12-7-8-19-35(27)41-39(33)34/h1-22H,23H2/i3D,4D,5D,6D,13D,14D,15D,16D. The molecule has 0 saturated heterocycles. The SMILES string of the molecule is [2H]c1c([2H])c([2H])c2c(-c3cccc4c3oc3ccccc34)c3c([2H])c([2H])c([2H])c([2H])c3c(-c3ccc4c(c3)OCc3ccccc3-4)c2c1[2H]. The van der Waals surface area contributed by atoms with Crippen LogP contribution in [0.3, 0.4) is 0 Å². The lowest BCUT2D eigenvalue weighted by Gasteiger charge is -2.22. The van der Waals surface area contributed by atoms with Crippen LogP contribution in [0.5, 0.6) is 5.75 Å². The lowest BCUT2D eigenvalue weighted by atomic mass is 9.85. The van der Waals surface area contributed by atoms with Gasteiger partial charge in [-0.1, -0.05) is 121 Å². The second kappa shape index (κ2) is 8.58. The molecule has 1 aliphatic heterocycles. The molecule has 1 aliphatic rings. The second-order valence-electron chi connectivity index (χ2n) is 10.2. The Bertz CT molecular complexity index is 2690. The summed E-state index contributed by atoms with van der Waals surface area (Å²) in [6.07, 6.45) is 0. The first-order valence-electron chi connectivity index (χ1n) is 17.4. The van der Waals surface area contributed by atoms with Gasteiger partial charge in [-0.25, -0.2) is 0 Å². The number of furan rings is 1. The van der Waals surface area contributed by atoms with E-state index in [1.54, 1.807) is 12.1 Å². The zero-order chi connectivity index (χ0) is 33.9. The maximum atomic E-state index is 9.28. The lowest BCUT2D eigenvalue weighted by molar-refractivity contribution is 0.302. The van der Waals surface area contributed by atoms with Gasteiger partial charge in [0.15, 0.2) is 0 Å². The molecular formula is C39H24O2. The number of ether oxygens (including phenoxy) is 1. The molecule has 8 aromatic rings. The fourth-order valence-corrected chi connectivity index (χ4v) is 6.21. The minimum absolute atomic E-state index is 0.135. The minimum atomic E-state index is -0.452. The van der Waals surface area contributed by atoms with Crippen LogP contribution in [0.4, 0.5) is 0 Å². The van der Waals surface area contributed by atoms with Gasteiger partial charge in [-0.15, -0.1) is 0 Å². The van der Waals surface area contributed by atoms with Gasteiger partial charge in [0.1, 0.15) is 23.5 Å². The van der Waals surface area contributed by atoms with Gasteiger partial charge in [0, 0.05) is 27.5 Å². The Morgan fingerprint density at radius 2 is 1.20 bits per heavy atom. The molecule has 1 aromatic heterocycles. The molecule has 0 fully saturated rings. The summed E-state index contributed by atoms with van der Waals surface area (Å²) in [5.74, 6) is 0.565. The molecule has 2 nitrogen and oxygen atoms in total. The Morgan fingerprint density at radius 3 is 2.00 bits per heavy atom. The summed E-state index contributed by atoms with van der Waals surface area (Å²) in [4.78, 5) is 0. The molecule has 0 spiro atoms. The van der Waals surface area contributed by atoms with Crippen molar-refractivity contribution in [1.82, 2.24) is 0 Å². The molecule has 0 aliphatic carbocycles. The number of para-hydroxylation sites is 2. The van der Waals surface area contributed by atoms with E-state index in [9.17, 15) is 5.48 Å². The van der Waals surface area contributed by atoms with Gasteiger partial charge in [-0.3, -0.25) is 0 Å². The summed E-state index contributed by atoms with van der Waals surface area (Å²) in [7, 11) is 0. The molecule has 2 heterocycles. The lowest BCUT2D eigenvalue weighted by Crippen LogP contribution is -2.05. The fourth-order valence-electron chi connectivity index (χ4n) is 6.21. The van der Waals surface area contributed by atoms with Crippen LogP contribution in [0.1, 0.15) is 16.5 Å². The van der Waals surface area contributed by atoms with Crippen molar-refractivity contribution in [3.63, 3.8) is 0 Å². The number of rotatable bonds is 2. The van der Waals surface area contributed by atoms with Crippen molar-refractivity contribution in [1.29, 1.82) is 0 Å². The highest BCUT2D eigenvalue weighted by atomic mass is 16.5. The van der Waals surface area contributed by atoms with Crippen molar-refractivity contribution < 1.29 is 20.1 Å². The second-order valence-corrected chi connectivity index (χ2v) is 10.2. The third-order valence-electron chi connectivity index (χ3n) is 8.01. The maximum absolute atomic E-state index is 9.28. The predicted molar refractivity (Wildman–Crippen MR) is 169 cm³/mol. The average Bonchev–Trinajstić information content (AvgIpc) is 3.52. The van der Waals surface area contributed by atoms with Crippen LogP contribution in [0, 0.1) is 0 Å². The van der Waals surface area contributed by atoms with Gasteiger partial charge in [-0.05, 0) is 55.9 Å². The fraction of sp³-hybridized carbons (Fsp3) is 0.0256. The zero-order valence-corrected chi connectivity index (χ0v) is 21.6. The molecule has 0 radical (unpaired) electrons.